The van der Waals surface area contributed by atoms with E-state index in [0.29, 0.717) is 17.0 Å². The van der Waals surface area contributed by atoms with Gasteiger partial charge in [-0.25, -0.2) is 4.98 Å². The number of carbonyl (C=O) groups is 1. The van der Waals surface area contributed by atoms with Crippen LogP contribution in [0.25, 0.3) is 10.9 Å². The number of fused-ring (bicyclic) bond motifs is 1. The smallest absolute Gasteiger partial charge is 0.312 e. The van der Waals surface area contributed by atoms with Gasteiger partial charge < -0.3 is 9.84 Å². The van der Waals surface area contributed by atoms with Crippen LogP contribution in [-0.2, 0) is 4.79 Å². The summed E-state index contributed by atoms with van der Waals surface area (Å²) in [5.74, 6) is -0.844. The van der Waals surface area contributed by atoms with Gasteiger partial charge in [-0.15, -0.1) is 0 Å². The first-order chi connectivity index (χ1) is 8.54. The number of nitrogens with zero attached hydrogens (tertiary/aromatic N) is 1. The zero-order chi connectivity index (χ0) is 13.3. The second kappa shape index (κ2) is 4.64. The number of hydrogen-bond donors (Lipinski definition) is 1. The van der Waals surface area contributed by atoms with E-state index in [-0.39, 0.29) is 0 Å². The van der Waals surface area contributed by atoms with Crippen molar-refractivity contribution in [2.45, 2.75) is 19.8 Å². The molecule has 0 spiro atoms. The third-order valence-corrected chi connectivity index (χ3v) is 3.09. The third-order valence-electron chi connectivity index (χ3n) is 3.09. The van der Waals surface area contributed by atoms with Gasteiger partial charge in [-0.1, -0.05) is 12.1 Å². The molecule has 2 rings (SSSR count). The molecular weight excluding hydrogens is 230 g/mol. The standard InChI is InChI=1S/C14H15NO3/c1-8-4-7-12(18-3)13-10(8)5-6-11(15-13)9(2)14(16)17/h4-7,9H,1-3H3,(H,16,17). The Morgan fingerprint density at radius 3 is 2.67 bits per heavy atom. The molecule has 4 nitrogen and oxygen atoms in total. The van der Waals surface area contributed by atoms with Crippen LogP contribution in [0.4, 0.5) is 0 Å². The average molecular weight is 245 g/mol. The summed E-state index contributed by atoms with van der Waals surface area (Å²) >= 11 is 0. The normalized spacial score (nSPS) is 12.4. The molecule has 0 radical (unpaired) electrons. The second-order valence-electron chi connectivity index (χ2n) is 4.28. The molecule has 0 amide bonds. The molecule has 18 heavy (non-hydrogen) atoms. The summed E-state index contributed by atoms with van der Waals surface area (Å²) in [6.07, 6.45) is 0. The highest BCUT2D eigenvalue weighted by atomic mass is 16.5. The Bertz CT molecular complexity index is 607. The molecule has 0 bridgehead atoms. The number of aromatic nitrogens is 1. The molecular formula is C14H15NO3. The van der Waals surface area contributed by atoms with Gasteiger partial charge >= 0.3 is 5.97 Å². The fourth-order valence-electron chi connectivity index (χ4n) is 1.88. The Morgan fingerprint density at radius 1 is 1.33 bits per heavy atom. The van der Waals surface area contributed by atoms with Crippen molar-refractivity contribution in [2.75, 3.05) is 7.11 Å². The van der Waals surface area contributed by atoms with Crippen molar-refractivity contribution in [3.8, 4) is 5.75 Å². The molecule has 0 aliphatic carbocycles. The minimum atomic E-state index is -0.881. The minimum Gasteiger partial charge on any atom is -0.494 e. The van der Waals surface area contributed by atoms with Crippen molar-refractivity contribution in [3.63, 3.8) is 0 Å². The van der Waals surface area contributed by atoms with E-state index >= 15 is 0 Å². The minimum absolute atomic E-state index is 0.541. The predicted octanol–water partition coefficient (Wildman–Crippen LogP) is 2.74. The van der Waals surface area contributed by atoms with Crippen LogP contribution in [0.1, 0.15) is 24.1 Å². The second-order valence-corrected chi connectivity index (χ2v) is 4.28. The lowest BCUT2D eigenvalue weighted by Crippen LogP contribution is -2.09. The van der Waals surface area contributed by atoms with Gasteiger partial charge in [0.25, 0.3) is 0 Å². The number of pyridine rings is 1. The van der Waals surface area contributed by atoms with Gasteiger partial charge in [0.1, 0.15) is 11.3 Å². The molecule has 4 heteroatoms. The van der Waals surface area contributed by atoms with Crippen molar-refractivity contribution in [1.82, 2.24) is 4.98 Å². The van der Waals surface area contributed by atoms with Gasteiger partial charge in [0.2, 0.25) is 0 Å². The fraction of sp³-hybridized carbons (Fsp3) is 0.286. The predicted molar refractivity (Wildman–Crippen MR) is 69.1 cm³/mol. The van der Waals surface area contributed by atoms with Crippen LogP contribution in [0.2, 0.25) is 0 Å². The molecule has 1 unspecified atom stereocenters. The summed E-state index contributed by atoms with van der Waals surface area (Å²) in [5.41, 5.74) is 2.34. The van der Waals surface area contributed by atoms with Crippen LogP contribution in [0, 0.1) is 6.92 Å². The van der Waals surface area contributed by atoms with Gasteiger partial charge in [0.05, 0.1) is 18.7 Å². The first-order valence-electron chi connectivity index (χ1n) is 5.71. The highest BCUT2D eigenvalue weighted by Crippen LogP contribution is 2.28. The first kappa shape index (κ1) is 12.4. The van der Waals surface area contributed by atoms with Crippen LogP contribution in [0.3, 0.4) is 0 Å². The molecule has 2 aromatic rings. The van der Waals surface area contributed by atoms with E-state index in [0.717, 1.165) is 10.9 Å². The molecule has 94 valence electrons. The number of aryl methyl sites for hydroxylation is 1. The molecule has 1 aromatic carbocycles. The maximum absolute atomic E-state index is 11.0. The highest BCUT2D eigenvalue weighted by Gasteiger charge is 2.16. The van der Waals surface area contributed by atoms with Crippen molar-refractivity contribution >= 4 is 16.9 Å². The molecule has 0 aliphatic rings. The van der Waals surface area contributed by atoms with E-state index in [4.69, 9.17) is 9.84 Å². The Morgan fingerprint density at radius 2 is 2.06 bits per heavy atom. The Balaban J connectivity index is 2.66. The highest BCUT2D eigenvalue weighted by molar-refractivity contribution is 5.88. The molecule has 0 fully saturated rings. The number of hydrogen-bond acceptors (Lipinski definition) is 3. The summed E-state index contributed by atoms with van der Waals surface area (Å²) in [6.45, 7) is 3.61. The van der Waals surface area contributed by atoms with Crippen molar-refractivity contribution < 1.29 is 14.6 Å². The number of methoxy groups -OCH3 is 1. The van der Waals surface area contributed by atoms with E-state index in [2.05, 4.69) is 4.98 Å². The van der Waals surface area contributed by atoms with E-state index < -0.39 is 11.9 Å². The zero-order valence-corrected chi connectivity index (χ0v) is 10.6. The Hall–Kier alpha value is -2.10. The number of ether oxygens (including phenoxy) is 1. The van der Waals surface area contributed by atoms with Gasteiger partial charge in [-0.3, -0.25) is 4.79 Å². The lowest BCUT2D eigenvalue weighted by molar-refractivity contribution is -0.138. The number of carboxylic acids is 1. The summed E-state index contributed by atoms with van der Waals surface area (Å²) in [6, 6.07) is 7.46. The summed E-state index contributed by atoms with van der Waals surface area (Å²) < 4.78 is 5.27. The van der Waals surface area contributed by atoms with Gasteiger partial charge in [-0.05, 0) is 31.5 Å². The molecule has 1 N–H and O–H groups in total. The summed E-state index contributed by atoms with van der Waals surface area (Å²) in [4.78, 5) is 15.4. The number of benzene rings is 1. The number of carboxylic acid groups (broad SMARTS) is 1. The van der Waals surface area contributed by atoms with Crippen LogP contribution in [0.5, 0.6) is 5.75 Å². The molecule has 1 heterocycles. The van der Waals surface area contributed by atoms with Crippen LogP contribution < -0.4 is 4.74 Å². The quantitative estimate of drug-likeness (QED) is 0.903. The van der Waals surface area contributed by atoms with Gasteiger partial charge in [0, 0.05) is 5.39 Å². The van der Waals surface area contributed by atoms with Gasteiger partial charge in [0.15, 0.2) is 0 Å². The van der Waals surface area contributed by atoms with E-state index in [1.807, 2.05) is 25.1 Å². The number of aliphatic carboxylic acids is 1. The lowest BCUT2D eigenvalue weighted by Gasteiger charge is -2.11. The largest absolute Gasteiger partial charge is 0.494 e. The lowest BCUT2D eigenvalue weighted by atomic mass is 10.0. The summed E-state index contributed by atoms with van der Waals surface area (Å²) in [7, 11) is 1.58. The maximum Gasteiger partial charge on any atom is 0.312 e. The fourth-order valence-corrected chi connectivity index (χ4v) is 1.88. The monoisotopic (exact) mass is 245 g/mol. The van der Waals surface area contributed by atoms with Crippen LogP contribution in [-0.4, -0.2) is 23.2 Å². The van der Waals surface area contributed by atoms with Crippen molar-refractivity contribution in [3.05, 3.63) is 35.5 Å². The first-order valence-corrected chi connectivity index (χ1v) is 5.71. The maximum atomic E-state index is 11.0. The van der Waals surface area contributed by atoms with Crippen LogP contribution >= 0.6 is 0 Å². The summed E-state index contributed by atoms with van der Waals surface area (Å²) in [5, 5.41) is 10.00. The zero-order valence-electron chi connectivity index (χ0n) is 10.6. The average Bonchev–Trinajstić information content (AvgIpc) is 2.38. The molecule has 0 aliphatic heterocycles. The van der Waals surface area contributed by atoms with Crippen molar-refractivity contribution in [1.29, 1.82) is 0 Å². The Labute approximate surface area is 105 Å². The topological polar surface area (TPSA) is 59.4 Å². The molecule has 1 aromatic heterocycles. The molecule has 0 saturated heterocycles. The van der Waals surface area contributed by atoms with Crippen LogP contribution in [0.15, 0.2) is 24.3 Å². The number of rotatable bonds is 3. The third kappa shape index (κ3) is 2.01. The van der Waals surface area contributed by atoms with E-state index in [1.54, 1.807) is 20.1 Å². The molecule has 1 atom stereocenters. The molecule has 0 saturated carbocycles. The van der Waals surface area contributed by atoms with Crippen molar-refractivity contribution in [2.24, 2.45) is 0 Å². The van der Waals surface area contributed by atoms with E-state index in [1.165, 1.54) is 0 Å². The van der Waals surface area contributed by atoms with E-state index in [9.17, 15) is 4.79 Å². The SMILES string of the molecule is COc1ccc(C)c2ccc(C(C)C(=O)O)nc12. The van der Waals surface area contributed by atoms with Gasteiger partial charge in [-0.2, -0.15) is 0 Å². The Kier molecular flexibility index (Phi) is 3.19.